The molecule has 0 unspecified atom stereocenters. The van der Waals surface area contributed by atoms with E-state index in [4.69, 9.17) is 0 Å². The number of benzene rings is 1. The fourth-order valence-electron chi connectivity index (χ4n) is 1.89. The molecule has 0 bridgehead atoms. The highest BCUT2D eigenvalue weighted by Gasteiger charge is 2.06. The van der Waals surface area contributed by atoms with E-state index >= 15 is 0 Å². The van der Waals surface area contributed by atoms with Gasteiger partial charge in [0.25, 0.3) is 0 Å². The second-order valence-electron chi connectivity index (χ2n) is 4.98. The van der Waals surface area contributed by atoms with E-state index < -0.39 is 0 Å². The average Bonchev–Trinajstić information content (AvgIpc) is 2.43. The molecule has 4 heteroatoms. The molecule has 2 amide bonds. The van der Waals surface area contributed by atoms with Gasteiger partial charge in [0.1, 0.15) is 0 Å². The third kappa shape index (κ3) is 5.43. The van der Waals surface area contributed by atoms with E-state index in [1.807, 2.05) is 24.3 Å². The number of nitrogens with zero attached hydrogens (tertiary/aromatic N) is 1. The van der Waals surface area contributed by atoms with Crippen LogP contribution in [0.5, 0.6) is 0 Å². The second-order valence-corrected chi connectivity index (χ2v) is 4.98. The normalized spacial score (nSPS) is 10.2. The Labute approximate surface area is 121 Å². The van der Waals surface area contributed by atoms with Crippen LogP contribution in [-0.2, 0) is 9.59 Å². The van der Waals surface area contributed by atoms with Crippen LogP contribution in [-0.4, -0.2) is 18.9 Å². The number of nitrogens with one attached hydrogen (secondary N) is 1. The van der Waals surface area contributed by atoms with Crippen molar-refractivity contribution in [2.24, 2.45) is 0 Å². The molecule has 20 heavy (non-hydrogen) atoms. The molecule has 110 valence electrons. The van der Waals surface area contributed by atoms with Gasteiger partial charge in [-0.25, -0.2) is 0 Å². The lowest BCUT2D eigenvalue weighted by molar-refractivity contribution is -0.117. The maximum atomic E-state index is 11.7. The predicted molar refractivity (Wildman–Crippen MR) is 82.9 cm³/mol. The average molecular weight is 276 g/mol. The van der Waals surface area contributed by atoms with Gasteiger partial charge in [-0.05, 0) is 30.7 Å². The Morgan fingerprint density at radius 2 is 1.75 bits per heavy atom. The summed E-state index contributed by atoms with van der Waals surface area (Å²) in [6.45, 7) is 3.67. The van der Waals surface area contributed by atoms with Gasteiger partial charge < -0.3 is 10.2 Å². The fourth-order valence-corrected chi connectivity index (χ4v) is 1.89. The zero-order valence-electron chi connectivity index (χ0n) is 12.6. The van der Waals surface area contributed by atoms with E-state index in [-0.39, 0.29) is 11.8 Å². The van der Waals surface area contributed by atoms with Crippen LogP contribution in [0.4, 0.5) is 11.4 Å². The molecular weight excluding hydrogens is 252 g/mol. The Morgan fingerprint density at radius 1 is 1.10 bits per heavy atom. The van der Waals surface area contributed by atoms with Crippen LogP contribution in [0, 0.1) is 0 Å². The van der Waals surface area contributed by atoms with E-state index in [1.54, 1.807) is 11.9 Å². The summed E-state index contributed by atoms with van der Waals surface area (Å²) in [5.41, 5.74) is 1.59. The molecule has 0 saturated carbocycles. The lowest BCUT2D eigenvalue weighted by Gasteiger charge is -2.15. The molecule has 4 nitrogen and oxygen atoms in total. The van der Waals surface area contributed by atoms with Crippen molar-refractivity contribution in [3.8, 4) is 0 Å². The van der Waals surface area contributed by atoms with Gasteiger partial charge >= 0.3 is 0 Å². The number of carbonyl (C=O) groups is 2. The highest BCUT2D eigenvalue weighted by Crippen LogP contribution is 2.17. The fraction of sp³-hybridized carbons (Fsp3) is 0.500. The minimum Gasteiger partial charge on any atom is -0.326 e. The monoisotopic (exact) mass is 276 g/mol. The molecule has 0 fully saturated rings. The second kappa shape index (κ2) is 8.35. The van der Waals surface area contributed by atoms with Crippen molar-refractivity contribution >= 4 is 23.2 Å². The molecule has 0 heterocycles. The summed E-state index contributed by atoms with van der Waals surface area (Å²) < 4.78 is 0. The number of hydrogen-bond acceptors (Lipinski definition) is 2. The van der Waals surface area contributed by atoms with E-state index in [0.717, 1.165) is 24.2 Å². The first-order chi connectivity index (χ1) is 9.54. The predicted octanol–water partition coefficient (Wildman–Crippen LogP) is 3.58. The van der Waals surface area contributed by atoms with Crippen molar-refractivity contribution in [2.45, 2.75) is 46.0 Å². The van der Waals surface area contributed by atoms with Crippen LogP contribution >= 0.6 is 0 Å². The Hall–Kier alpha value is -1.84. The summed E-state index contributed by atoms with van der Waals surface area (Å²) >= 11 is 0. The van der Waals surface area contributed by atoms with Gasteiger partial charge in [-0.3, -0.25) is 9.59 Å². The molecule has 0 aromatic heterocycles. The molecule has 0 saturated heterocycles. The van der Waals surface area contributed by atoms with E-state index in [2.05, 4.69) is 12.2 Å². The van der Waals surface area contributed by atoms with Gasteiger partial charge in [0.15, 0.2) is 0 Å². The smallest absolute Gasteiger partial charge is 0.224 e. The van der Waals surface area contributed by atoms with Crippen LogP contribution in [0.1, 0.15) is 46.0 Å². The molecule has 0 aliphatic heterocycles. The van der Waals surface area contributed by atoms with Crippen molar-refractivity contribution < 1.29 is 9.59 Å². The van der Waals surface area contributed by atoms with Crippen LogP contribution in [0.25, 0.3) is 0 Å². The van der Waals surface area contributed by atoms with Crippen molar-refractivity contribution in [1.29, 1.82) is 0 Å². The van der Waals surface area contributed by atoms with Crippen molar-refractivity contribution in [3.63, 3.8) is 0 Å². The van der Waals surface area contributed by atoms with Crippen LogP contribution < -0.4 is 10.2 Å². The van der Waals surface area contributed by atoms with Gasteiger partial charge in [0, 0.05) is 31.8 Å². The molecule has 1 rings (SSSR count). The van der Waals surface area contributed by atoms with Gasteiger partial charge in [-0.1, -0.05) is 26.2 Å². The Morgan fingerprint density at radius 3 is 2.30 bits per heavy atom. The number of anilines is 2. The quantitative estimate of drug-likeness (QED) is 0.774. The van der Waals surface area contributed by atoms with Gasteiger partial charge in [0.05, 0.1) is 0 Å². The number of rotatable bonds is 7. The largest absolute Gasteiger partial charge is 0.326 e. The van der Waals surface area contributed by atoms with Crippen molar-refractivity contribution in [2.75, 3.05) is 17.3 Å². The minimum absolute atomic E-state index is 0.0160. The Kier molecular flexibility index (Phi) is 6.77. The van der Waals surface area contributed by atoms with Crippen LogP contribution in [0.3, 0.4) is 0 Å². The molecule has 1 aromatic rings. The molecule has 0 spiro atoms. The lowest BCUT2D eigenvalue weighted by atomic mass is 10.1. The number of unbranched alkanes of at least 4 members (excludes halogenated alkanes) is 3. The molecule has 0 aliphatic carbocycles. The summed E-state index contributed by atoms with van der Waals surface area (Å²) in [6, 6.07) is 7.29. The molecule has 0 radical (unpaired) electrons. The number of hydrogen-bond donors (Lipinski definition) is 1. The summed E-state index contributed by atoms with van der Waals surface area (Å²) in [4.78, 5) is 24.5. The van der Waals surface area contributed by atoms with Gasteiger partial charge in [0.2, 0.25) is 11.8 Å². The van der Waals surface area contributed by atoms with E-state index in [9.17, 15) is 9.59 Å². The van der Waals surface area contributed by atoms with Crippen molar-refractivity contribution in [3.05, 3.63) is 24.3 Å². The topological polar surface area (TPSA) is 49.4 Å². The zero-order chi connectivity index (χ0) is 15.0. The summed E-state index contributed by atoms with van der Waals surface area (Å²) in [7, 11) is 1.73. The molecule has 0 aliphatic rings. The highest BCUT2D eigenvalue weighted by molar-refractivity contribution is 5.93. The van der Waals surface area contributed by atoms with Gasteiger partial charge in [-0.2, -0.15) is 0 Å². The van der Waals surface area contributed by atoms with Crippen LogP contribution in [0.15, 0.2) is 24.3 Å². The SMILES string of the molecule is CCCCCCC(=O)Nc1ccc(N(C)C(C)=O)cc1. The zero-order valence-corrected chi connectivity index (χ0v) is 12.6. The third-order valence-corrected chi connectivity index (χ3v) is 3.27. The third-order valence-electron chi connectivity index (χ3n) is 3.27. The first kappa shape index (κ1) is 16.2. The van der Waals surface area contributed by atoms with Crippen molar-refractivity contribution in [1.82, 2.24) is 0 Å². The Bertz CT molecular complexity index is 440. The molecule has 0 atom stereocenters. The summed E-state index contributed by atoms with van der Waals surface area (Å²) in [5.74, 6) is 0.0338. The standard InChI is InChI=1S/C16H24N2O2/c1-4-5-6-7-8-16(20)17-14-9-11-15(12-10-14)18(3)13(2)19/h9-12H,4-8H2,1-3H3,(H,17,20). The molecular formula is C16H24N2O2. The molecule has 1 aromatic carbocycles. The molecule has 1 N–H and O–H groups in total. The van der Waals surface area contributed by atoms with E-state index in [1.165, 1.54) is 19.8 Å². The Balaban J connectivity index is 2.45. The summed E-state index contributed by atoms with van der Waals surface area (Å²) in [6.07, 6.45) is 4.96. The lowest BCUT2D eigenvalue weighted by Crippen LogP contribution is -2.22. The highest BCUT2D eigenvalue weighted by atomic mass is 16.2. The summed E-state index contributed by atoms with van der Waals surface area (Å²) in [5, 5.41) is 2.87. The maximum absolute atomic E-state index is 11.7. The number of carbonyl (C=O) groups excluding carboxylic acids is 2. The van der Waals surface area contributed by atoms with E-state index in [0.29, 0.717) is 6.42 Å². The van der Waals surface area contributed by atoms with Gasteiger partial charge in [-0.15, -0.1) is 0 Å². The minimum atomic E-state index is -0.0160. The first-order valence-corrected chi connectivity index (χ1v) is 7.18. The first-order valence-electron chi connectivity index (χ1n) is 7.18. The van der Waals surface area contributed by atoms with Crippen LogP contribution in [0.2, 0.25) is 0 Å². The maximum Gasteiger partial charge on any atom is 0.224 e. The number of amides is 2.